The van der Waals surface area contributed by atoms with Crippen molar-refractivity contribution in [3.05, 3.63) is 218 Å². The van der Waals surface area contributed by atoms with E-state index in [1.54, 1.807) is 0 Å². The molecule has 0 atom stereocenters. The highest BCUT2D eigenvalue weighted by molar-refractivity contribution is 7.22. The van der Waals surface area contributed by atoms with Crippen molar-refractivity contribution in [2.45, 2.75) is 0 Å². The normalized spacial score (nSPS) is 12.5. The van der Waals surface area contributed by atoms with Gasteiger partial charge < -0.3 is 0 Å². The van der Waals surface area contributed by atoms with Crippen molar-refractivity contribution in [3.8, 4) is 67.3 Å². The van der Waals surface area contributed by atoms with Crippen LogP contribution in [-0.2, 0) is 0 Å². The fourth-order valence-electron chi connectivity index (χ4n) is 8.53. The molecule has 0 saturated heterocycles. The molecule has 0 N–H and O–H groups in total. The Morgan fingerprint density at radius 3 is 1.31 bits per heavy atom. The minimum atomic E-state index is -2.59. The van der Waals surface area contributed by atoms with Gasteiger partial charge in [0, 0.05) is 16.7 Å². The van der Waals surface area contributed by atoms with Crippen LogP contribution in [0.15, 0.2) is 218 Å². The molecular formula is C52H36N2Si. The lowest BCUT2D eigenvalue weighted by Gasteiger charge is -2.31. The van der Waals surface area contributed by atoms with Crippen molar-refractivity contribution in [3.63, 3.8) is 0 Å². The molecule has 258 valence electrons. The molecule has 10 rings (SSSR count). The van der Waals surface area contributed by atoms with E-state index in [0.717, 1.165) is 39.2 Å². The monoisotopic (exact) mass is 716 g/mol. The van der Waals surface area contributed by atoms with E-state index in [0.29, 0.717) is 5.82 Å². The fraction of sp³-hybridized carbons (Fsp3) is 0. The van der Waals surface area contributed by atoms with Crippen molar-refractivity contribution in [2.75, 3.05) is 0 Å². The first kappa shape index (κ1) is 32.7. The van der Waals surface area contributed by atoms with E-state index in [9.17, 15) is 0 Å². The Balaban J connectivity index is 1.11. The highest BCUT2D eigenvalue weighted by Gasteiger charge is 2.49. The zero-order chi connectivity index (χ0) is 36.6. The number of fused-ring (bicyclic) bond motifs is 3. The number of hydrogen-bond donors (Lipinski definition) is 0. The molecule has 9 aromatic rings. The molecule has 0 unspecified atom stereocenters. The summed E-state index contributed by atoms with van der Waals surface area (Å²) in [5.41, 5.74) is 12.3. The van der Waals surface area contributed by atoms with Gasteiger partial charge in [0.25, 0.3) is 0 Å². The standard InChI is InChI=1S/C52H36N2Si/c1-5-18-37(19-6-1)47-36-48(38-20-7-2-8-21-38)54-52(53-47)42-25-16-23-40(35-42)39-22-15-24-41(34-39)45-31-17-33-50-51(45)46-30-13-14-32-49(46)55(50,43-26-9-3-10-27-43)44-28-11-4-12-29-44/h1-36H. The lowest BCUT2D eigenvalue weighted by atomic mass is 9.92. The van der Waals surface area contributed by atoms with E-state index >= 15 is 0 Å². The predicted octanol–water partition coefficient (Wildman–Crippen LogP) is 10.2. The third kappa shape index (κ3) is 5.65. The first-order valence-electron chi connectivity index (χ1n) is 18.8. The summed E-state index contributed by atoms with van der Waals surface area (Å²) >= 11 is 0. The highest BCUT2D eigenvalue weighted by Crippen LogP contribution is 2.38. The summed E-state index contributed by atoms with van der Waals surface area (Å²) < 4.78 is 0. The second-order valence-electron chi connectivity index (χ2n) is 14.1. The Labute approximate surface area is 323 Å². The summed E-state index contributed by atoms with van der Waals surface area (Å²) in [6.45, 7) is 0. The van der Waals surface area contributed by atoms with Crippen LogP contribution in [0, 0.1) is 0 Å². The molecule has 0 spiro atoms. The van der Waals surface area contributed by atoms with Gasteiger partial charge in [-0.3, -0.25) is 0 Å². The van der Waals surface area contributed by atoms with Crippen LogP contribution in [0.2, 0.25) is 0 Å². The smallest absolute Gasteiger partial charge is 0.180 e. The quantitative estimate of drug-likeness (QED) is 0.154. The van der Waals surface area contributed by atoms with Gasteiger partial charge >= 0.3 is 0 Å². The summed E-state index contributed by atoms with van der Waals surface area (Å²) in [7, 11) is -2.59. The molecule has 0 amide bonds. The molecular weight excluding hydrogens is 681 g/mol. The van der Waals surface area contributed by atoms with Crippen molar-refractivity contribution >= 4 is 28.8 Å². The number of nitrogens with zero attached hydrogens (tertiary/aromatic N) is 2. The Hall–Kier alpha value is -6.94. The van der Waals surface area contributed by atoms with Gasteiger partial charge in [0.15, 0.2) is 13.9 Å². The molecule has 8 aromatic carbocycles. The zero-order valence-corrected chi connectivity index (χ0v) is 31.2. The first-order valence-corrected chi connectivity index (χ1v) is 20.8. The second kappa shape index (κ2) is 13.8. The van der Waals surface area contributed by atoms with Crippen molar-refractivity contribution < 1.29 is 0 Å². The van der Waals surface area contributed by atoms with Crippen LogP contribution in [-0.4, -0.2) is 18.0 Å². The maximum Gasteiger partial charge on any atom is 0.180 e. The average molecular weight is 717 g/mol. The van der Waals surface area contributed by atoms with E-state index < -0.39 is 8.07 Å². The molecule has 0 aliphatic carbocycles. The Morgan fingerprint density at radius 2 is 0.709 bits per heavy atom. The summed E-state index contributed by atoms with van der Waals surface area (Å²) in [5.74, 6) is 0.707. The van der Waals surface area contributed by atoms with Crippen LogP contribution in [0.25, 0.3) is 67.3 Å². The number of hydrogen-bond acceptors (Lipinski definition) is 2. The third-order valence-corrected chi connectivity index (χ3v) is 15.8. The molecule has 3 heteroatoms. The van der Waals surface area contributed by atoms with Crippen LogP contribution in [0.1, 0.15) is 0 Å². The van der Waals surface area contributed by atoms with Crippen LogP contribution in [0.5, 0.6) is 0 Å². The number of aromatic nitrogens is 2. The molecule has 2 heterocycles. The van der Waals surface area contributed by atoms with E-state index in [4.69, 9.17) is 9.97 Å². The average Bonchev–Trinajstić information content (AvgIpc) is 3.59. The molecule has 0 fully saturated rings. The Bertz CT molecular complexity index is 2700. The topological polar surface area (TPSA) is 25.8 Å². The maximum atomic E-state index is 5.12. The van der Waals surface area contributed by atoms with Gasteiger partial charge in [0.2, 0.25) is 0 Å². The fourth-order valence-corrected chi connectivity index (χ4v) is 13.7. The zero-order valence-electron chi connectivity index (χ0n) is 30.2. The molecule has 0 radical (unpaired) electrons. The van der Waals surface area contributed by atoms with Crippen molar-refractivity contribution in [1.29, 1.82) is 0 Å². The van der Waals surface area contributed by atoms with Crippen LogP contribution < -0.4 is 20.7 Å². The minimum absolute atomic E-state index is 0.707. The van der Waals surface area contributed by atoms with Gasteiger partial charge in [-0.05, 0) is 72.3 Å². The van der Waals surface area contributed by atoms with Gasteiger partial charge in [0.05, 0.1) is 11.4 Å². The van der Waals surface area contributed by atoms with E-state index in [2.05, 4.69) is 206 Å². The molecule has 1 aromatic heterocycles. The van der Waals surface area contributed by atoms with Crippen LogP contribution in [0.4, 0.5) is 0 Å². The van der Waals surface area contributed by atoms with Crippen molar-refractivity contribution in [1.82, 2.24) is 9.97 Å². The molecule has 1 aliphatic rings. The number of benzene rings is 8. The molecule has 0 bridgehead atoms. The molecule has 0 saturated carbocycles. The number of rotatable bonds is 7. The van der Waals surface area contributed by atoms with Gasteiger partial charge in [-0.1, -0.05) is 200 Å². The van der Waals surface area contributed by atoms with Crippen molar-refractivity contribution in [2.24, 2.45) is 0 Å². The summed E-state index contributed by atoms with van der Waals surface area (Å²) in [4.78, 5) is 10.2. The second-order valence-corrected chi connectivity index (χ2v) is 17.8. The predicted molar refractivity (Wildman–Crippen MR) is 232 cm³/mol. The minimum Gasteiger partial charge on any atom is -0.228 e. The largest absolute Gasteiger partial charge is 0.228 e. The molecule has 1 aliphatic heterocycles. The third-order valence-electron chi connectivity index (χ3n) is 11.0. The highest BCUT2D eigenvalue weighted by atomic mass is 28.3. The van der Waals surface area contributed by atoms with E-state index in [-0.39, 0.29) is 0 Å². The van der Waals surface area contributed by atoms with Crippen LogP contribution >= 0.6 is 0 Å². The molecule has 2 nitrogen and oxygen atoms in total. The van der Waals surface area contributed by atoms with Crippen LogP contribution in [0.3, 0.4) is 0 Å². The van der Waals surface area contributed by atoms with Gasteiger partial charge in [-0.2, -0.15) is 0 Å². The summed E-state index contributed by atoms with van der Waals surface area (Å²) in [6, 6.07) is 79.0. The summed E-state index contributed by atoms with van der Waals surface area (Å²) in [6.07, 6.45) is 0. The lowest BCUT2D eigenvalue weighted by molar-refractivity contribution is 1.18. The van der Waals surface area contributed by atoms with Gasteiger partial charge in [-0.15, -0.1) is 0 Å². The van der Waals surface area contributed by atoms with E-state index in [1.807, 2.05) is 12.1 Å². The van der Waals surface area contributed by atoms with E-state index in [1.165, 1.54) is 43.0 Å². The Morgan fingerprint density at radius 1 is 0.291 bits per heavy atom. The first-order chi connectivity index (χ1) is 27.3. The molecule has 55 heavy (non-hydrogen) atoms. The SMILES string of the molecule is c1ccc(-c2cc(-c3ccccc3)nc(-c3cccc(-c4cccc(-c5cccc6c5-c5ccccc5[Si]6(c5ccccc5)c5ccccc5)c4)c3)n2)cc1. The van der Waals surface area contributed by atoms with Gasteiger partial charge in [0.1, 0.15) is 0 Å². The summed E-state index contributed by atoms with van der Waals surface area (Å²) in [5, 5.41) is 5.71. The lowest BCUT2D eigenvalue weighted by Crippen LogP contribution is -2.72. The van der Waals surface area contributed by atoms with Gasteiger partial charge in [-0.25, -0.2) is 9.97 Å². The maximum absolute atomic E-state index is 5.12. The Kier molecular flexibility index (Phi) is 8.20.